The van der Waals surface area contributed by atoms with Crippen molar-refractivity contribution < 1.29 is 4.79 Å². The number of pyridine rings is 1. The minimum atomic E-state index is -0.219. The molecule has 132 valence electrons. The average Bonchev–Trinajstić information content (AvgIpc) is 3.35. The average molecular weight is 365 g/mol. The van der Waals surface area contributed by atoms with E-state index in [2.05, 4.69) is 49.7 Å². The molecule has 1 N–H and O–H groups in total. The van der Waals surface area contributed by atoms with Gasteiger partial charge in [0, 0.05) is 18.8 Å². The molecule has 1 aliphatic heterocycles. The van der Waals surface area contributed by atoms with Gasteiger partial charge in [-0.2, -0.15) is 0 Å². The highest BCUT2D eigenvalue weighted by Gasteiger charge is 2.25. The van der Waals surface area contributed by atoms with E-state index in [1.165, 1.54) is 23.3 Å². The first-order valence-electron chi connectivity index (χ1n) is 8.64. The molecule has 1 amide bonds. The Kier molecular flexibility index (Phi) is 4.88. The Morgan fingerprint density at radius 3 is 2.85 bits per heavy atom. The van der Waals surface area contributed by atoms with Crippen LogP contribution in [0.4, 0.5) is 10.9 Å². The first kappa shape index (κ1) is 16.7. The molecule has 1 saturated heterocycles. The van der Waals surface area contributed by atoms with Crippen LogP contribution in [-0.2, 0) is 6.42 Å². The molecule has 26 heavy (non-hydrogen) atoms. The van der Waals surface area contributed by atoms with Crippen molar-refractivity contribution in [3.8, 4) is 0 Å². The molecule has 0 radical (unpaired) electrons. The van der Waals surface area contributed by atoms with Crippen LogP contribution < -0.4 is 10.2 Å². The number of carbonyl (C=O) groups excluding carboxylic acids is 1. The van der Waals surface area contributed by atoms with Crippen LogP contribution in [0.25, 0.3) is 0 Å². The zero-order valence-corrected chi connectivity index (χ0v) is 15.0. The van der Waals surface area contributed by atoms with Gasteiger partial charge in [0.2, 0.25) is 5.13 Å². The van der Waals surface area contributed by atoms with Crippen molar-refractivity contribution in [2.75, 3.05) is 16.8 Å². The van der Waals surface area contributed by atoms with E-state index in [4.69, 9.17) is 0 Å². The van der Waals surface area contributed by atoms with Gasteiger partial charge in [0.1, 0.15) is 11.3 Å². The summed E-state index contributed by atoms with van der Waals surface area (Å²) in [5, 5.41) is 10.7. The molecule has 1 fully saturated rings. The third-order valence-corrected chi connectivity index (χ3v) is 5.18. The molecule has 1 atom stereocenters. The van der Waals surface area contributed by atoms with Gasteiger partial charge in [-0.25, -0.2) is 4.98 Å². The van der Waals surface area contributed by atoms with E-state index in [0.717, 1.165) is 25.2 Å². The molecule has 0 bridgehead atoms. The standard InChI is InChI=1S/C19H19N5OS/c25-18(22-19-23-21-13-26-19)15-8-9-17(20-12-15)24-10-4-7-16(24)11-14-5-2-1-3-6-14/h1-3,5-6,8-9,12-13,16H,4,7,10-11H2,(H,22,23,25). The molecule has 2 aromatic heterocycles. The van der Waals surface area contributed by atoms with Crippen molar-refractivity contribution in [3.05, 3.63) is 65.3 Å². The lowest BCUT2D eigenvalue weighted by molar-refractivity contribution is 0.102. The summed E-state index contributed by atoms with van der Waals surface area (Å²) < 4.78 is 0. The Hall–Kier alpha value is -2.80. The maximum atomic E-state index is 12.2. The molecule has 1 aromatic carbocycles. The number of carbonyl (C=O) groups is 1. The summed E-state index contributed by atoms with van der Waals surface area (Å²) in [6.07, 6.45) is 4.97. The predicted molar refractivity (Wildman–Crippen MR) is 103 cm³/mol. The molecule has 0 saturated carbocycles. The normalized spacial score (nSPS) is 16.6. The van der Waals surface area contributed by atoms with Gasteiger partial charge in [-0.1, -0.05) is 41.7 Å². The molecule has 3 aromatic rings. The number of aromatic nitrogens is 3. The molecular weight excluding hydrogens is 346 g/mol. The number of nitrogens with zero attached hydrogens (tertiary/aromatic N) is 4. The lowest BCUT2D eigenvalue weighted by Crippen LogP contribution is -2.31. The number of hydrogen-bond acceptors (Lipinski definition) is 6. The van der Waals surface area contributed by atoms with Gasteiger partial charge >= 0.3 is 0 Å². The van der Waals surface area contributed by atoms with Crippen LogP contribution >= 0.6 is 11.3 Å². The SMILES string of the molecule is O=C(Nc1nncs1)c1ccc(N2CCCC2Cc2ccccc2)nc1. The van der Waals surface area contributed by atoms with E-state index in [0.29, 0.717) is 16.7 Å². The van der Waals surface area contributed by atoms with E-state index in [1.54, 1.807) is 11.7 Å². The summed E-state index contributed by atoms with van der Waals surface area (Å²) in [7, 11) is 0. The summed E-state index contributed by atoms with van der Waals surface area (Å²) in [5.74, 6) is 0.707. The Balaban J connectivity index is 1.44. The molecular formula is C19H19N5OS. The van der Waals surface area contributed by atoms with Gasteiger partial charge in [-0.05, 0) is 37.0 Å². The summed E-state index contributed by atoms with van der Waals surface area (Å²) in [6.45, 7) is 1.00. The fourth-order valence-electron chi connectivity index (χ4n) is 3.32. The van der Waals surface area contributed by atoms with Crippen molar-refractivity contribution in [1.29, 1.82) is 0 Å². The van der Waals surface area contributed by atoms with Crippen LogP contribution in [0.15, 0.2) is 54.2 Å². The maximum Gasteiger partial charge on any atom is 0.259 e. The second-order valence-corrected chi connectivity index (χ2v) is 7.12. The first-order valence-corrected chi connectivity index (χ1v) is 9.52. The van der Waals surface area contributed by atoms with Crippen molar-refractivity contribution >= 4 is 28.2 Å². The zero-order chi connectivity index (χ0) is 17.8. The number of anilines is 2. The molecule has 7 heteroatoms. The van der Waals surface area contributed by atoms with Crippen LogP contribution in [0.5, 0.6) is 0 Å². The molecule has 4 rings (SSSR count). The fraction of sp³-hybridized carbons (Fsp3) is 0.263. The maximum absolute atomic E-state index is 12.2. The lowest BCUT2D eigenvalue weighted by Gasteiger charge is -2.26. The summed E-state index contributed by atoms with van der Waals surface area (Å²) in [5.41, 5.74) is 3.44. The van der Waals surface area contributed by atoms with E-state index < -0.39 is 0 Å². The van der Waals surface area contributed by atoms with E-state index in [-0.39, 0.29) is 5.91 Å². The van der Waals surface area contributed by atoms with Gasteiger partial charge < -0.3 is 4.90 Å². The lowest BCUT2D eigenvalue weighted by atomic mass is 10.0. The third-order valence-electron chi connectivity index (χ3n) is 4.58. The quantitative estimate of drug-likeness (QED) is 0.750. The number of benzene rings is 1. The molecule has 0 aliphatic carbocycles. The highest BCUT2D eigenvalue weighted by Crippen LogP contribution is 2.26. The molecule has 1 aliphatic rings. The number of hydrogen-bond donors (Lipinski definition) is 1. The van der Waals surface area contributed by atoms with Gasteiger partial charge in [-0.3, -0.25) is 10.1 Å². The Morgan fingerprint density at radius 1 is 1.23 bits per heavy atom. The summed E-state index contributed by atoms with van der Waals surface area (Å²) >= 11 is 1.29. The summed E-state index contributed by atoms with van der Waals surface area (Å²) in [6, 6.07) is 14.7. The highest BCUT2D eigenvalue weighted by atomic mass is 32.1. The van der Waals surface area contributed by atoms with Crippen molar-refractivity contribution in [1.82, 2.24) is 15.2 Å². The second kappa shape index (κ2) is 7.61. The molecule has 1 unspecified atom stereocenters. The smallest absolute Gasteiger partial charge is 0.259 e. The number of nitrogens with one attached hydrogen (secondary N) is 1. The second-order valence-electron chi connectivity index (χ2n) is 6.28. The highest BCUT2D eigenvalue weighted by molar-refractivity contribution is 7.13. The van der Waals surface area contributed by atoms with E-state index >= 15 is 0 Å². The largest absolute Gasteiger partial charge is 0.353 e. The van der Waals surface area contributed by atoms with Crippen LogP contribution in [-0.4, -0.2) is 33.7 Å². The Labute approximate surface area is 155 Å². The van der Waals surface area contributed by atoms with Gasteiger partial charge in [0.05, 0.1) is 5.56 Å². The third kappa shape index (κ3) is 3.72. The minimum Gasteiger partial charge on any atom is -0.353 e. The van der Waals surface area contributed by atoms with E-state index in [1.807, 2.05) is 18.2 Å². The topological polar surface area (TPSA) is 71.0 Å². The monoisotopic (exact) mass is 365 g/mol. The predicted octanol–water partition coefficient (Wildman–Crippen LogP) is 3.40. The van der Waals surface area contributed by atoms with Crippen molar-refractivity contribution in [2.45, 2.75) is 25.3 Å². The van der Waals surface area contributed by atoms with Crippen LogP contribution in [0.2, 0.25) is 0 Å². The Morgan fingerprint density at radius 2 is 2.12 bits per heavy atom. The number of rotatable bonds is 5. The molecule has 6 nitrogen and oxygen atoms in total. The van der Waals surface area contributed by atoms with Gasteiger partial charge in [-0.15, -0.1) is 10.2 Å². The summed E-state index contributed by atoms with van der Waals surface area (Å²) in [4.78, 5) is 19.1. The molecule has 0 spiro atoms. The van der Waals surface area contributed by atoms with Gasteiger partial charge in [0.25, 0.3) is 5.91 Å². The van der Waals surface area contributed by atoms with Crippen molar-refractivity contribution in [3.63, 3.8) is 0 Å². The zero-order valence-electron chi connectivity index (χ0n) is 14.2. The first-order chi connectivity index (χ1) is 12.8. The van der Waals surface area contributed by atoms with Crippen LogP contribution in [0.3, 0.4) is 0 Å². The minimum absolute atomic E-state index is 0.219. The fourth-order valence-corrected chi connectivity index (χ4v) is 3.76. The number of amides is 1. The van der Waals surface area contributed by atoms with Crippen molar-refractivity contribution in [2.24, 2.45) is 0 Å². The van der Waals surface area contributed by atoms with Gasteiger partial charge in [0.15, 0.2) is 0 Å². The van der Waals surface area contributed by atoms with Crippen LogP contribution in [0, 0.1) is 0 Å². The Bertz CT molecular complexity index is 851. The van der Waals surface area contributed by atoms with E-state index in [9.17, 15) is 4.79 Å². The molecule has 3 heterocycles. The van der Waals surface area contributed by atoms with Crippen LogP contribution in [0.1, 0.15) is 28.8 Å².